The zero-order valence-electron chi connectivity index (χ0n) is 9.14. The molecule has 0 aliphatic carbocycles. The molecule has 0 aliphatic heterocycles. The van der Waals surface area contributed by atoms with E-state index in [-0.39, 0.29) is 5.95 Å². The molecular weight excluding hydrogens is 204 g/mol. The Morgan fingerprint density at radius 1 is 1.25 bits per heavy atom. The van der Waals surface area contributed by atoms with Crippen molar-refractivity contribution in [3.8, 4) is 17.1 Å². The average molecular weight is 216 g/mol. The summed E-state index contributed by atoms with van der Waals surface area (Å²) in [5.74, 6) is 0.900. The van der Waals surface area contributed by atoms with Crippen LogP contribution >= 0.6 is 0 Å². The minimum Gasteiger partial charge on any atom is -0.494 e. The number of nitrogen functional groups attached to an aromatic ring is 1. The molecular formula is C11H12N4O. The van der Waals surface area contributed by atoms with E-state index < -0.39 is 0 Å². The number of aromatic nitrogens is 3. The van der Waals surface area contributed by atoms with E-state index in [0.717, 1.165) is 5.56 Å². The first-order chi connectivity index (χ1) is 7.72. The molecule has 0 radical (unpaired) electrons. The molecule has 0 aromatic carbocycles. The van der Waals surface area contributed by atoms with Gasteiger partial charge in [-0.1, -0.05) is 0 Å². The van der Waals surface area contributed by atoms with Gasteiger partial charge in [-0.05, 0) is 24.6 Å². The van der Waals surface area contributed by atoms with Gasteiger partial charge in [0.25, 0.3) is 0 Å². The van der Waals surface area contributed by atoms with Crippen molar-refractivity contribution in [1.82, 2.24) is 15.0 Å². The minimum absolute atomic E-state index is 0.230. The van der Waals surface area contributed by atoms with Crippen molar-refractivity contribution < 1.29 is 4.74 Å². The van der Waals surface area contributed by atoms with Crippen LogP contribution in [-0.2, 0) is 0 Å². The quantitative estimate of drug-likeness (QED) is 0.822. The Balaban J connectivity index is 2.62. The van der Waals surface area contributed by atoms with Crippen LogP contribution in [0.25, 0.3) is 11.4 Å². The molecule has 0 amide bonds. The van der Waals surface area contributed by atoms with Crippen LogP contribution in [0.1, 0.15) is 5.56 Å². The maximum atomic E-state index is 5.57. The lowest BCUT2D eigenvalue weighted by molar-refractivity contribution is 0.414. The summed E-state index contributed by atoms with van der Waals surface area (Å²) in [6, 6.07) is 3.64. The highest BCUT2D eigenvalue weighted by Crippen LogP contribution is 2.27. The third kappa shape index (κ3) is 1.79. The van der Waals surface area contributed by atoms with Crippen molar-refractivity contribution in [1.29, 1.82) is 0 Å². The number of hydrogen-bond donors (Lipinski definition) is 1. The van der Waals surface area contributed by atoms with Gasteiger partial charge in [-0.15, -0.1) is 0 Å². The Bertz CT molecular complexity index is 513. The van der Waals surface area contributed by atoms with Crippen LogP contribution in [0, 0.1) is 6.92 Å². The molecule has 0 fully saturated rings. The molecule has 5 nitrogen and oxygen atoms in total. The van der Waals surface area contributed by atoms with E-state index in [2.05, 4.69) is 15.0 Å². The Hall–Kier alpha value is -2.17. The van der Waals surface area contributed by atoms with E-state index in [4.69, 9.17) is 10.5 Å². The van der Waals surface area contributed by atoms with Crippen molar-refractivity contribution in [3.05, 3.63) is 30.1 Å². The smallest absolute Gasteiger partial charge is 0.220 e. The first-order valence-corrected chi connectivity index (χ1v) is 4.81. The molecule has 2 aromatic heterocycles. The predicted molar refractivity (Wildman–Crippen MR) is 61.0 cm³/mol. The van der Waals surface area contributed by atoms with Crippen molar-refractivity contribution in [2.24, 2.45) is 0 Å². The molecule has 16 heavy (non-hydrogen) atoms. The standard InChI is InChI=1S/C11H12N4O/c1-7-6-14-11(12)15-9(7)10-8(16-2)4-3-5-13-10/h3-6H,1-2H3,(H2,12,14,15). The molecule has 0 unspecified atom stereocenters. The van der Waals surface area contributed by atoms with Crippen molar-refractivity contribution >= 4 is 5.95 Å². The van der Waals surface area contributed by atoms with Gasteiger partial charge < -0.3 is 10.5 Å². The number of pyridine rings is 1. The highest BCUT2D eigenvalue weighted by molar-refractivity contribution is 5.65. The fraction of sp³-hybridized carbons (Fsp3) is 0.182. The summed E-state index contributed by atoms with van der Waals surface area (Å²) in [6.45, 7) is 1.91. The van der Waals surface area contributed by atoms with Gasteiger partial charge in [-0.25, -0.2) is 9.97 Å². The Morgan fingerprint density at radius 3 is 2.81 bits per heavy atom. The highest BCUT2D eigenvalue weighted by atomic mass is 16.5. The van der Waals surface area contributed by atoms with Gasteiger partial charge in [-0.2, -0.15) is 0 Å². The van der Waals surface area contributed by atoms with Crippen LogP contribution < -0.4 is 10.5 Å². The molecule has 0 saturated carbocycles. The maximum absolute atomic E-state index is 5.57. The fourth-order valence-electron chi connectivity index (χ4n) is 1.43. The lowest BCUT2D eigenvalue weighted by atomic mass is 10.1. The normalized spacial score (nSPS) is 10.1. The van der Waals surface area contributed by atoms with E-state index in [1.165, 1.54) is 0 Å². The summed E-state index contributed by atoms with van der Waals surface area (Å²) in [5, 5.41) is 0. The average Bonchev–Trinajstić information content (AvgIpc) is 2.32. The summed E-state index contributed by atoms with van der Waals surface area (Å²) in [6.07, 6.45) is 3.36. The second kappa shape index (κ2) is 4.14. The van der Waals surface area contributed by atoms with Gasteiger partial charge in [0.15, 0.2) is 0 Å². The molecule has 5 heteroatoms. The monoisotopic (exact) mass is 216 g/mol. The summed E-state index contributed by atoms with van der Waals surface area (Å²) in [5.41, 5.74) is 7.85. The molecule has 0 bridgehead atoms. The SMILES string of the molecule is COc1cccnc1-c1nc(N)ncc1C. The van der Waals surface area contributed by atoms with Crippen LogP contribution in [0.3, 0.4) is 0 Å². The van der Waals surface area contributed by atoms with E-state index in [1.807, 2.05) is 19.1 Å². The molecule has 2 aromatic rings. The lowest BCUT2D eigenvalue weighted by Crippen LogP contribution is -2.00. The largest absolute Gasteiger partial charge is 0.494 e. The minimum atomic E-state index is 0.230. The molecule has 0 atom stereocenters. The van der Waals surface area contributed by atoms with E-state index in [9.17, 15) is 0 Å². The number of aryl methyl sites for hydroxylation is 1. The summed E-state index contributed by atoms with van der Waals surface area (Å²) in [7, 11) is 1.60. The Morgan fingerprint density at radius 2 is 2.06 bits per heavy atom. The number of ether oxygens (including phenoxy) is 1. The van der Waals surface area contributed by atoms with Crippen LogP contribution in [0.5, 0.6) is 5.75 Å². The van der Waals surface area contributed by atoms with Gasteiger partial charge in [-0.3, -0.25) is 4.98 Å². The Labute approximate surface area is 93.3 Å². The topological polar surface area (TPSA) is 73.9 Å². The molecule has 2 rings (SSSR count). The number of hydrogen-bond acceptors (Lipinski definition) is 5. The number of nitrogens with two attached hydrogens (primary N) is 1. The molecule has 0 saturated heterocycles. The van der Waals surface area contributed by atoms with Crippen LogP contribution in [0.15, 0.2) is 24.5 Å². The van der Waals surface area contributed by atoms with E-state index in [0.29, 0.717) is 17.1 Å². The zero-order chi connectivity index (χ0) is 11.5. The third-order valence-corrected chi connectivity index (χ3v) is 2.21. The van der Waals surface area contributed by atoms with E-state index in [1.54, 1.807) is 19.5 Å². The first kappa shape index (κ1) is 10.4. The number of methoxy groups -OCH3 is 1. The second-order valence-corrected chi connectivity index (χ2v) is 3.31. The number of rotatable bonds is 2. The first-order valence-electron chi connectivity index (χ1n) is 4.81. The van der Waals surface area contributed by atoms with Crippen molar-refractivity contribution in [2.45, 2.75) is 6.92 Å². The lowest BCUT2D eigenvalue weighted by Gasteiger charge is -2.08. The molecule has 2 heterocycles. The second-order valence-electron chi connectivity index (χ2n) is 3.31. The van der Waals surface area contributed by atoms with Gasteiger partial charge in [0, 0.05) is 12.4 Å². The van der Waals surface area contributed by atoms with E-state index >= 15 is 0 Å². The summed E-state index contributed by atoms with van der Waals surface area (Å²) >= 11 is 0. The maximum Gasteiger partial charge on any atom is 0.220 e. The third-order valence-electron chi connectivity index (χ3n) is 2.21. The Kier molecular flexibility index (Phi) is 2.68. The fourth-order valence-corrected chi connectivity index (χ4v) is 1.43. The zero-order valence-corrected chi connectivity index (χ0v) is 9.14. The van der Waals surface area contributed by atoms with Crippen LogP contribution in [-0.4, -0.2) is 22.1 Å². The van der Waals surface area contributed by atoms with Crippen molar-refractivity contribution in [3.63, 3.8) is 0 Å². The molecule has 2 N–H and O–H groups in total. The molecule has 0 aliphatic rings. The predicted octanol–water partition coefficient (Wildman–Crippen LogP) is 1.44. The van der Waals surface area contributed by atoms with Gasteiger partial charge in [0.05, 0.1) is 7.11 Å². The summed E-state index contributed by atoms with van der Waals surface area (Å²) in [4.78, 5) is 12.3. The number of anilines is 1. The van der Waals surface area contributed by atoms with Gasteiger partial charge >= 0.3 is 0 Å². The van der Waals surface area contributed by atoms with Crippen molar-refractivity contribution in [2.75, 3.05) is 12.8 Å². The van der Waals surface area contributed by atoms with Crippen LogP contribution in [0.4, 0.5) is 5.95 Å². The van der Waals surface area contributed by atoms with Gasteiger partial charge in [0.2, 0.25) is 5.95 Å². The van der Waals surface area contributed by atoms with Crippen LogP contribution in [0.2, 0.25) is 0 Å². The highest BCUT2D eigenvalue weighted by Gasteiger charge is 2.11. The summed E-state index contributed by atoms with van der Waals surface area (Å²) < 4.78 is 5.23. The molecule has 0 spiro atoms. The molecule has 82 valence electrons. The van der Waals surface area contributed by atoms with Gasteiger partial charge in [0.1, 0.15) is 17.1 Å². The number of nitrogens with zero attached hydrogens (tertiary/aromatic N) is 3.